The third-order valence-electron chi connectivity index (χ3n) is 8.28. The average molecular weight is 571 g/mol. The van der Waals surface area contributed by atoms with Crippen LogP contribution < -0.4 is 5.32 Å². The topological polar surface area (TPSA) is 85.7 Å². The van der Waals surface area contributed by atoms with Crippen LogP contribution >= 0.6 is 0 Å². The van der Waals surface area contributed by atoms with Gasteiger partial charge in [0.15, 0.2) is 0 Å². The Labute approximate surface area is 244 Å². The maximum atomic E-state index is 13.2. The van der Waals surface area contributed by atoms with Gasteiger partial charge in [0, 0.05) is 48.9 Å². The fourth-order valence-electron chi connectivity index (χ4n) is 5.79. The molecule has 1 N–H and O–H groups in total. The molecule has 2 aliphatic rings. The number of aryl methyl sites for hydroxylation is 1. The lowest BCUT2D eigenvalue weighted by atomic mass is 9.96. The number of amides is 2. The van der Waals surface area contributed by atoms with Gasteiger partial charge in [-0.1, -0.05) is 24.3 Å². The Morgan fingerprint density at radius 1 is 0.976 bits per heavy atom. The normalized spacial score (nSPS) is 17.9. The third-order valence-corrected chi connectivity index (χ3v) is 8.28. The standard InChI is InChI=1S/C33H35FN4O4/c1-22-29(32(39)35-18-28-21-41-16-17-42-28)10-11-31-30(22)20-38(36-31)19-23-12-14-37(15-13-23)33(40)26-4-2-24(3-5-26)25-6-8-27(34)9-7-25/h2-11,20,23,28H,12-19,21H2,1H3,(H,35,39). The largest absolute Gasteiger partial charge is 0.376 e. The van der Waals surface area contributed by atoms with E-state index in [4.69, 9.17) is 14.6 Å². The van der Waals surface area contributed by atoms with Crippen LogP contribution in [0, 0.1) is 18.7 Å². The minimum absolute atomic E-state index is 0.0351. The predicted octanol–water partition coefficient (Wildman–Crippen LogP) is 4.85. The zero-order valence-electron chi connectivity index (χ0n) is 23.7. The number of piperidine rings is 1. The van der Waals surface area contributed by atoms with Crippen LogP contribution in [0.15, 0.2) is 66.9 Å². The van der Waals surface area contributed by atoms with Crippen LogP contribution in [0.3, 0.4) is 0 Å². The van der Waals surface area contributed by atoms with Crippen molar-refractivity contribution in [1.82, 2.24) is 20.0 Å². The van der Waals surface area contributed by atoms with Gasteiger partial charge in [-0.25, -0.2) is 4.39 Å². The fourth-order valence-corrected chi connectivity index (χ4v) is 5.79. The summed E-state index contributed by atoms with van der Waals surface area (Å²) >= 11 is 0. The summed E-state index contributed by atoms with van der Waals surface area (Å²) in [5, 5.41) is 8.71. The molecule has 3 heterocycles. The number of nitrogens with zero attached hydrogens (tertiary/aromatic N) is 3. The highest BCUT2D eigenvalue weighted by atomic mass is 19.1. The third kappa shape index (κ3) is 6.22. The number of carbonyl (C=O) groups excluding carboxylic acids is 2. The van der Waals surface area contributed by atoms with Gasteiger partial charge in [0.25, 0.3) is 11.8 Å². The van der Waals surface area contributed by atoms with Gasteiger partial charge in [-0.2, -0.15) is 5.10 Å². The molecule has 9 heteroatoms. The van der Waals surface area contributed by atoms with Crippen LogP contribution in [0.4, 0.5) is 4.39 Å². The summed E-state index contributed by atoms with van der Waals surface area (Å²) in [6.07, 6.45) is 3.70. The number of fused-ring (bicyclic) bond motifs is 1. The molecular formula is C33H35FN4O4. The van der Waals surface area contributed by atoms with Crippen LogP contribution in [-0.2, 0) is 16.0 Å². The lowest BCUT2D eigenvalue weighted by molar-refractivity contribution is -0.0855. The van der Waals surface area contributed by atoms with Crippen LogP contribution in [0.1, 0.15) is 39.1 Å². The molecule has 2 amide bonds. The number of rotatable bonds is 7. The molecule has 2 fully saturated rings. The first-order chi connectivity index (χ1) is 20.4. The number of aromatic nitrogens is 2. The molecule has 1 atom stereocenters. The van der Waals surface area contributed by atoms with E-state index in [1.807, 2.05) is 59.1 Å². The Bertz CT molecular complexity index is 1550. The fraction of sp³-hybridized carbons (Fsp3) is 0.364. The molecule has 0 aliphatic carbocycles. The molecule has 4 aromatic rings. The first-order valence-corrected chi connectivity index (χ1v) is 14.5. The highest BCUT2D eigenvalue weighted by molar-refractivity contribution is 6.00. The molecular weight excluding hydrogens is 535 g/mol. The molecule has 0 spiro atoms. The van der Waals surface area contributed by atoms with E-state index in [-0.39, 0.29) is 23.7 Å². The van der Waals surface area contributed by atoms with Crippen LogP contribution in [0.25, 0.3) is 22.0 Å². The molecule has 8 nitrogen and oxygen atoms in total. The monoisotopic (exact) mass is 570 g/mol. The zero-order valence-corrected chi connectivity index (χ0v) is 23.7. The lowest BCUT2D eigenvalue weighted by Crippen LogP contribution is -2.39. The Balaban J connectivity index is 1.03. The molecule has 42 heavy (non-hydrogen) atoms. The zero-order chi connectivity index (χ0) is 29.1. The predicted molar refractivity (Wildman–Crippen MR) is 158 cm³/mol. The van der Waals surface area contributed by atoms with Gasteiger partial charge < -0.3 is 19.7 Å². The molecule has 0 saturated carbocycles. The van der Waals surface area contributed by atoms with E-state index < -0.39 is 0 Å². The number of hydrogen-bond donors (Lipinski definition) is 1. The van der Waals surface area contributed by atoms with Crippen molar-refractivity contribution in [3.63, 3.8) is 0 Å². The Kier molecular flexibility index (Phi) is 8.30. The van der Waals surface area contributed by atoms with E-state index in [2.05, 4.69) is 5.32 Å². The van der Waals surface area contributed by atoms with Gasteiger partial charge >= 0.3 is 0 Å². The minimum Gasteiger partial charge on any atom is -0.376 e. The minimum atomic E-state index is -0.267. The van der Waals surface area contributed by atoms with Crippen molar-refractivity contribution < 1.29 is 23.5 Å². The number of likely N-dealkylation sites (tertiary alicyclic amines) is 1. The molecule has 2 aliphatic heterocycles. The molecule has 1 aromatic heterocycles. The number of benzene rings is 3. The van der Waals surface area contributed by atoms with E-state index in [0.717, 1.165) is 47.0 Å². The summed E-state index contributed by atoms with van der Waals surface area (Å²) in [4.78, 5) is 27.9. The number of ether oxygens (including phenoxy) is 2. The summed E-state index contributed by atoms with van der Waals surface area (Å²) in [5.74, 6) is 0.0486. The molecule has 218 valence electrons. The van der Waals surface area contributed by atoms with E-state index in [1.54, 1.807) is 12.1 Å². The Morgan fingerprint density at radius 2 is 1.69 bits per heavy atom. The molecule has 6 rings (SSSR count). The van der Waals surface area contributed by atoms with E-state index in [1.165, 1.54) is 12.1 Å². The quantitative estimate of drug-likeness (QED) is 0.344. The molecule has 0 bridgehead atoms. The van der Waals surface area contributed by atoms with E-state index >= 15 is 0 Å². The molecule has 0 radical (unpaired) electrons. The average Bonchev–Trinajstić information content (AvgIpc) is 3.44. The summed E-state index contributed by atoms with van der Waals surface area (Å²) in [6, 6.07) is 17.6. The van der Waals surface area contributed by atoms with Crippen molar-refractivity contribution in [2.75, 3.05) is 39.5 Å². The Morgan fingerprint density at radius 3 is 2.38 bits per heavy atom. The maximum absolute atomic E-state index is 13.2. The molecule has 1 unspecified atom stereocenters. The number of nitrogens with one attached hydrogen (secondary N) is 1. The van der Waals surface area contributed by atoms with Gasteiger partial charge in [-0.05, 0) is 78.8 Å². The van der Waals surface area contributed by atoms with Gasteiger partial charge in [-0.15, -0.1) is 0 Å². The van der Waals surface area contributed by atoms with Crippen molar-refractivity contribution in [3.05, 3.63) is 89.4 Å². The van der Waals surface area contributed by atoms with Crippen molar-refractivity contribution >= 4 is 22.7 Å². The highest BCUT2D eigenvalue weighted by Gasteiger charge is 2.25. The van der Waals surface area contributed by atoms with Crippen LogP contribution in [-0.4, -0.2) is 72.1 Å². The summed E-state index contributed by atoms with van der Waals surface area (Å²) in [6.45, 7) is 6.17. The van der Waals surface area contributed by atoms with E-state index in [9.17, 15) is 14.0 Å². The van der Waals surface area contributed by atoms with Gasteiger partial charge in [0.05, 0.1) is 31.4 Å². The lowest BCUT2D eigenvalue weighted by Gasteiger charge is -2.32. The smallest absolute Gasteiger partial charge is 0.253 e. The summed E-state index contributed by atoms with van der Waals surface area (Å²) in [5.41, 5.74) is 4.93. The van der Waals surface area contributed by atoms with E-state index in [0.29, 0.717) is 56.5 Å². The van der Waals surface area contributed by atoms with Crippen molar-refractivity contribution in [2.24, 2.45) is 5.92 Å². The molecule has 3 aromatic carbocycles. The maximum Gasteiger partial charge on any atom is 0.253 e. The van der Waals surface area contributed by atoms with Gasteiger partial charge in [0.1, 0.15) is 5.82 Å². The number of halogens is 1. The first-order valence-electron chi connectivity index (χ1n) is 14.5. The number of carbonyl (C=O) groups is 2. The number of hydrogen-bond acceptors (Lipinski definition) is 5. The van der Waals surface area contributed by atoms with Gasteiger partial charge in [-0.3, -0.25) is 14.3 Å². The van der Waals surface area contributed by atoms with Crippen molar-refractivity contribution in [3.8, 4) is 11.1 Å². The SMILES string of the molecule is Cc1c(C(=O)NCC2COCCO2)ccc2nn(CC3CCN(C(=O)c4ccc(-c5ccc(F)cc5)cc4)CC3)cc12. The second kappa shape index (κ2) is 12.4. The highest BCUT2D eigenvalue weighted by Crippen LogP contribution is 2.26. The molecule has 2 saturated heterocycles. The second-order valence-corrected chi connectivity index (χ2v) is 11.1. The van der Waals surface area contributed by atoms with Crippen molar-refractivity contribution in [1.29, 1.82) is 0 Å². The van der Waals surface area contributed by atoms with Crippen LogP contribution in [0.2, 0.25) is 0 Å². The first kappa shape index (κ1) is 28.1. The second-order valence-electron chi connectivity index (χ2n) is 11.1. The van der Waals surface area contributed by atoms with Crippen LogP contribution in [0.5, 0.6) is 0 Å². The Hall–Kier alpha value is -4.08. The van der Waals surface area contributed by atoms with Crippen molar-refractivity contribution in [2.45, 2.75) is 32.4 Å². The van der Waals surface area contributed by atoms with Gasteiger partial charge in [0.2, 0.25) is 0 Å². The summed E-state index contributed by atoms with van der Waals surface area (Å²) in [7, 11) is 0. The summed E-state index contributed by atoms with van der Waals surface area (Å²) < 4.78 is 26.2.